The first-order valence-electron chi connectivity index (χ1n) is 7.20. The monoisotopic (exact) mass is 317 g/mol. The van der Waals surface area contributed by atoms with Crippen molar-refractivity contribution < 1.29 is 18.0 Å². The first kappa shape index (κ1) is 15.3. The van der Waals surface area contributed by atoms with Crippen molar-refractivity contribution >= 4 is 5.78 Å². The van der Waals surface area contributed by atoms with Crippen LogP contribution in [0.1, 0.15) is 23.6 Å². The van der Waals surface area contributed by atoms with Gasteiger partial charge in [-0.3, -0.25) is 4.79 Å². The second-order valence-electron chi connectivity index (χ2n) is 5.44. The molecule has 0 aromatic heterocycles. The van der Waals surface area contributed by atoms with Gasteiger partial charge in [0.05, 0.1) is 6.04 Å². The standard InChI is InChI=1S/C18H14F3NO/c19-13-8-15(20)18(16(21)9-13)17-10-14(23)6-7-22(17)11-12-4-2-1-3-5-12/h1-9,17H,10-11H2. The molecule has 3 rings (SSSR count). The zero-order chi connectivity index (χ0) is 16.4. The summed E-state index contributed by atoms with van der Waals surface area (Å²) < 4.78 is 41.3. The third kappa shape index (κ3) is 3.28. The Morgan fingerprint density at radius 2 is 1.70 bits per heavy atom. The summed E-state index contributed by atoms with van der Waals surface area (Å²) in [6, 6.07) is 9.86. The maximum Gasteiger partial charge on any atom is 0.159 e. The molecule has 0 saturated carbocycles. The molecule has 2 aromatic rings. The predicted octanol–water partition coefficient (Wildman–Crippen LogP) is 4.13. The molecule has 1 aliphatic heterocycles. The molecular weight excluding hydrogens is 303 g/mol. The van der Waals surface area contributed by atoms with E-state index in [0.29, 0.717) is 18.7 Å². The fraction of sp³-hybridized carbons (Fsp3) is 0.167. The van der Waals surface area contributed by atoms with Crippen LogP contribution in [0.3, 0.4) is 0 Å². The fourth-order valence-corrected chi connectivity index (χ4v) is 2.76. The third-order valence-corrected chi connectivity index (χ3v) is 3.83. The number of ketones is 1. The van der Waals surface area contributed by atoms with Crippen molar-refractivity contribution in [2.45, 2.75) is 19.0 Å². The van der Waals surface area contributed by atoms with Crippen molar-refractivity contribution in [2.24, 2.45) is 0 Å². The Kier molecular flexibility index (Phi) is 4.19. The van der Waals surface area contributed by atoms with Gasteiger partial charge in [0, 0.05) is 36.9 Å². The van der Waals surface area contributed by atoms with Crippen LogP contribution in [0, 0.1) is 17.5 Å². The molecule has 1 atom stereocenters. The van der Waals surface area contributed by atoms with E-state index in [1.807, 2.05) is 30.3 Å². The van der Waals surface area contributed by atoms with Crippen molar-refractivity contribution in [3.63, 3.8) is 0 Å². The SMILES string of the molecule is O=C1C=CN(Cc2ccccc2)C(c2c(F)cc(F)cc2F)C1. The van der Waals surface area contributed by atoms with Gasteiger partial charge in [0.25, 0.3) is 0 Å². The van der Waals surface area contributed by atoms with E-state index in [4.69, 9.17) is 0 Å². The average Bonchev–Trinajstić information content (AvgIpc) is 2.50. The molecule has 0 bridgehead atoms. The van der Waals surface area contributed by atoms with Crippen molar-refractivity contribution in [1.29, 1.82) is 0 Å². The lowest BCUT2D eigenvalue weighted by Crippen LogP contribution is -2.30. The lowest BCUT2D eigenvalue weighted by molar-refractivity contribution is -0.116. The van der Waals surface area contributed by atoms with E-state index < -0.39 is 23.5 Å². The summed E-state index contributed by atoms with van der Waals surface area (Å²) >= 11 is 0. The van der Waals surface area contributed by atoms with Crippen molar-refractivity contribution in [3.05, 3.63) is 83.3 Å². The molecule has 1 unspecified atom stereocenters. The number of rotatable bonds is 3. The van der Waals surface area contributed by atoms with Crippen molar-refractivity contribution in [2.75, 3.05) is 0 Å². The molecule has 1 heterocycles. The number of benzene rings is 2. The molecule has 0 aliphatic carbocycles. The van der Waals surface area contributed by atoms with Gasteiger partial charge in [0.2, 0.25) is 0 Å². The quantitative estimate of drug-likeness (QED) is 0.848. The Bertz CT molecular complexity index is 735. The van der Waals surface area contributed by atoms with E-state index in [9.17, 15) is 18.0 Å². The minimum absolute atomic E-state index is 0.0528. The van der Waals surface area contributed by atoms with E-state index in [-0.39, 0.29) is 17.8 Å². The maximum absolute atomic E-state index is 14.1. The van der Waals surface area contributed by atoms with Crippen LogP contribution < -0.4 is 0 Å². The molecule has 0 N–H and O–H groups in total. The van der Waals surface area contributed by atoms with E-state index in [1.165, 1.54) is 12.3 Å². The summed E-state index contributed by atoms with van der Waals surface area (Å²) in [7, 11) is 0. The zero-order valence-electron chi connectivity index (χ0n) is 12.2. The predicted molar refractivity (Wildman–Crippen MR) is 79.8 cm³/mol. The van der Waals surface area contributed by atoms with Crippen molar-refractivity contribution in [1.82, 2.24) is 4.90 Å². The normalized spacial score (nSPS) is 17.6. The van der Waals surface area contributed by atoms with Crippen LogP contribution in [-0.2, 0) is 11.3 Å². The highest BCUT2D eigenvalue weighted by molar-refractivity contribution is 5.90. The van der Waals surface area contributed by atoms with Gasteiger partial charge in [0.1, 0.15) is 17.5 Å². The molecule has 5 heteroatoms. The van der Waals surface area contributed by atoms with Gasteiger partial charge in [-0.25, -0.2) is 13.2 Å². The Labute approximate surface area is 131 Å². The molecule has 0 saturated heterocycles. The summed E-state index contributed by atoms with van der Waals surface area (Å²) in [5.74, 6) is -3.15. The lowest BCUT2D eigenvalue weighted by Gasteiger charge is -2.33. The van der Waals surface area contributed by atoms with Crippen LogP contribution in [0.25, 0.3) is 0 Å². The minimum atomic E-state index is -0.978. The van der Waals surface area contributed by atoms with E-state index in [0.717, 1.165) is 5.56 Å². The summed E-state index contributed by atoms with van der Waals surface area (Å²) in [6.45, 7) is 0.394. The van der Waals surface area contributed by atoms with Crippen LogP contribution in [0.2, 0.25) is 0 Å². The number of nitrogens with zero attached hydrogens (tertiary/aromatic N) is 1. The van der Waals surface area contributed by atoms with E-state index in [1.54, 1.807) is 4.90 Å². The summed E-state index contributed by atoms with van der Waals surface area (Å²) in [4.78, 5) is 13.4. The molecule has 118 valence electrons. The average molecular weight is 317 g/mol. The topological polar surface area (TPSA) is 20.3 Å². The summed E-state index contributed by atoms with van der Waals surface area (Å²) in [6.07, 6.45) is 2.87. The second-order valence-corrected chi connectivity index (χ2v) is 5.44. The number of allylic oxidation sites excluding steroid dienone is 1. The smallest absolute Gasteiger partial charge is 0.159 e. The van der Waals surface area contributed by atoms with Gasteiger partial charge in [-0.05, 0) is 11.6 Å². The maximum atomic E-state index is 14.1. The van der Waals surface area contributed by atoms with Crippen LogP contribution >= 0.6 is 0 Å². The fourth-order valence-electron chi connectivity index (χ4n) is 2.76. The number of hydrogen-bond acceptors (Lipinski definition) is 2. The minimum Gasteiger partial charge on any atom is -0.365 e. The Balaban J connectivity index is 1.98. The van der Waals surface area contributed by atoms with Crippen LogP contribution in [0.15, 0.2) is 54.7 Å². The number of halogens is 3. The highest BCUT2D eigenvalue weighted by Crippen LogP contribution is 2.33. The van der Waals surface area contributed by atoms with Gasteiger partial charge in [0.15, 0.2) is 5.78 Å². The molecule has 0 radical (unpaired) electrons. The van der Waals surface area contributed by atoms with Gasteiger partial charge in [-0.1, -0.05) is 30.3 Å². The lowest BCUT2D eigenvalue weighted by atomic mass is 9.95. The second kappa shape index (κ2) is 6.28. The van der Waals surface area contributed by atoms with Gasteiger partial charge in [-0.2, -0.15) is 0 Å². The van der Waals surface area contributed by atoms with Gasteiger partial charge >= 0.3 is 0 Å². The molecule has 2 nitrogen and oxygen atoms in total. The number of hydrogen-bond donors (Lipinski definition) is 0. The highest BCUT2D eigenvalue weighted by Gasteiger charge is 2.29. The zero-order valence-corrected chi connectivity index (χ0v) is 12.2. The molecule has 23 heavy (non-hydrogen) atoms. The Morgan fingerprint density at radius 1 is 1.04 bits per heavy atom. The molecular formula is C18H14F3NO. The van der Waals surface area contributed by atoms with E-state index >= 15 is 0 Å². The van der Waals surface area contributed by atoms with Crippen LogP contribution in [0.5, 0.6) is 0 Å². The largest absolute Gasteiger partial charge is 0.365 e. The summed E-state index contributed by atoms with van der Waals surface area (Å²) in [5.41, 5.74) is 0.666. The van der Waals surface area contributed by atoms with Gasteiger partial charge < -0.3 is 4.90 Å². The molecule has 0 fully saturated rings. The van der Waals surface area contributed by atoms with Crippen molar-refractivity contribution in [3.8, 4) is 0 Å². The van der Waals surface area contributed by atoms with E-state index in [2.05, 4.69) is 0 Å². The Hall–Kier alpha value is -2.56. The Morgan fingerprint density at radius 3 is 2.35 bits per heavy atom. The summed E-state index contributed by atoms with van der Waals surface area (Å²) in [5, 5.41) is 0. The third-order valence-electron chi connectivity index (χ3n) is 3.83. The van der Waals surface area contributed by atoms with Crippen LogP contribution in [-0.4, -0.2) is 10.7 Å². The number of carbonyl (C=O) groups excluding carboxylic acids is 1. The van der Waals surface area contributed by atoms with Crippen LogP contribution in [0.4, 0.5) is 13.2 Å². The highest BCUT2D eigenvalue weighted by atomic mass is 19.1. The molecule has 0 amide bonds. The first-order chi connectivity index (χ1) is 11.0. The molecule has 0 spiro atoms. The molecule has 2 aromatic carbocycles. The number of carbonyl (C=O) groups is 1. The van der Waals surface area contributed by atoms with Gasteiger partial charge in [-0.15, -0.1) is 0 Å². The molecule has 1 aliphatic rings. The first-order valence-corrected chi connectivity index (χ1v) is 7.20.